The molecule has 0 unspecified atom stereocenters. The lowest BCUT2D eigenvalue weighted by Crippen LogP contribution is -2.27. The highest BCUT2D eigenvalue weighted by atomic mass is 16.6. The van der Waals surface area contributed by atoms with Crippen molar-refractivity contribution in [3.63, 3.8) is 0 Å². The second kappa shape index (κ2) is 1.38. The summed E-state index contributed by atoms with van der Waals surface area (Å²) in [5, 5.41) is 0. The first-order valence-corrected chi connectivity index (χ1v) is 5.24. The SMILES string of the molecule is C1[C@@H]2[C@H]3C[C@H]4O[C@H]4[C@@H]3[C@H]1[C@H]1O[C@@H]21. The summed E-state index contributed by atoms with van der Waals surface area (Å²) in [7, 11) is 0. The summed E-state index contributed by atoms with van der Waals surface area (Å²) in [6.07, 6.45) is 5.58. The lowest BCUT2D eigenvalue weighted by Gasteiger charge is -2.22. The van der Waals surface area contributed by atoms with Crippen LogP contribution in [0.15, 0.2) is 0 Å². The third-order valence-electron chi connectivity index (χ3n) is 4.99. The minimum absolute atomic E-state index is 0.676. The van der Waals surface area contributed by atoms with Gasteiger partial charge in [-0.2, -0.15) is 0 Å². The van der Waals surface area contributed by atoms with E-state index in [9.17, 15) is 0 Å². The molecule has 0 aromatic carbocycles. The van der Waals surface area contributed by atoms with Crippen molar-refractivity contribution >= 4 is 0 Å². The van der Waals surface area contributed by atoms with Crippen LogP contribution in [-0.4, -0.2) is 24.4 Å². The molecule has 2 bridgehead atoms. The molecule has 5 aliphatic rings. The number of ether oxygens (including phenoxy) is 2. The highest BCUT2D eigenvalue weighted by Gasteiger charge is 2.74. The van der Waals surface area contributed by atoms with Crippen LogP contribution < -0.4 is 0 Å². The molecule has 2 nitrogen and oxygen atoms in total. The molecule has 2 saturated heterocycles. The van der Waals surface area contributed by atoms with Crippen LogP contribution in [0.1, 0.15) is 12.8 Å². The first kappa shape index (κ1) is 5.61. The molecule has 0 amide bonds. The summed E-state index contributed by atoms with van der Waals surface area (Å²) in [4.78, 5) is 0. The molecule has 3 aliphatic carbocycles. The fourth-order valence-corrected chi connectivity index (χ4v) is 4.58. The lowest BCUT2D eigenvalue weighted by atomic mass is 9.81. The van der Waals surface area contributed by atoms with Gasteiger partial charge in [0.1, 0.15) is 0 Å². The third kappa shape index (κ3) is 0.409. The maximum absolute atomic E-state index is 5.69. The number of hydrogen-bond acceptors (Lipinski definition) is 2. The fourth-order valence-electron chi connectivity index (χ4n) is 4.58. The molecular formula is C10H12O2. The largest absolute Gasteiger partial charge is 0.369 e. The van der Waals surface area contributed by atoms with E-state index in [1.54, 1.807) is 0 Å². The molecule has 5 fully saturated rings. The monoisotopic (exact) mass is 164 g/mol. The van der Waals surface area contributed by atoms with Gasteiger partial charge in [0.15, 0.2) is 0 Å². The Morgan fingerprint density at radius 1 is 0.750 bits per heavy atom. The van der Waals surface area contributed by atoms with Crippen LogP contribution in [0.4, 0.5) is 0 Å². The zero-order chi connectivity index (χ0) is 7.45. The molecule has 0 spiro atoms. The molecule has 0 N–H and O–H groups in total. The Morgan fingerprint density at radius 3 is 2.67 bits per heavy atom. The summed E-state index contributed by atoms with van der Waals surface area (Å²) in [5.74, 6) is 3.77. The van der Waals surface area contributed by atoms with E-state index in [0.29, 0.717) is 24.4 Å². The Morgan fingerprint density at radius 2 is 1.67 bits per heavy atom. The van der Waals surface area contributed by atoms with Crippen molar-refractivity contribution in [2.45, 2.75) is 37.3 Å². The van der Waals surface area contributed by atoms with Crippen molar-refractivity contribution in [2.75, 3.05) is 0 Å². The number of hydrogen-bond donors (Lipinski definition) is 0. The minimum Gasteiger partial charge on any atom is -0.369 e. The smallest absolute Gasteiger partial charge is 0.0876 e. The van der Waals surface area contributed by atoms with Crippen LogP contribution in [0.5, 0.6) is 0 Å². The van der Waals surface area contributed by atoms with Gasteiger partial charge in [0, 0.05) is 0 Å². The molecule has 0 radical (unpaired) electrons. The normalized spacial score (nSPS) is 80.0. The summed E-state index contributed by atoms with van der Waals surface area (Å²) >= 11 is 0. The van der Waals surface area contributed by atoms with Gasteiger partial charge >= 0.3 is 0 Å². The third-order valence-corrected chi connectivity index (χ3v) is 4.99. The van der Waals surface area contributed by atoms with E-state index < -0.39 is 0 Å². The Bertz CT molecular complexity index is 273. The summed E-state index contributed by atoms with van der Waals surface area (Å²) < 4.78 is 11.3. The van der Waals surface area contributed by atoms with E-state index in [4.69, 9.17) is 9.47 Å². The summed E-state index contributed by atoms with van der Waals surface area (Å²) in [6, 6.07) is 0. The van der Waals surface area contributed by atoms with Crippen molar-refractivity contribution in [3.8, 4) is 0 Å². The summed E-state index contributed by atoms with van der Waals surface area (Å²) in [6.45, 7) is 0. The molecular weight excluding hydrogens is 152 g/mol. The average molecular weight is 164 g/mol. The van der Waals surface area contributed by atoms with Crippen molar-refractivity contribution in [3.05, 3.63) is 0 Å². The maximum Gasteiger partial charge on any atom is 0.0876 e. The predicted molar refractivity (Wildman–Crippen MR) is 40.5 cm³/mol. The average Bonchev–Trinajstić information content (AvgIpc) is 2.92. The van der Waals surface area contributed by atoms with Gasteiger partial charge in [-0.15, -0.1) is 0 Å². The molecule has 5 rings (SSSR count). The Kier molecular flexibility index (Phi) is 0.644. The highest BCUT2D eigenvalue weighted by molar-refractivity contribution is 5.21. The molecule has 3 saturated carbocycles. The lowest BCUT2D eigenvalue weighted by molar-refractivity contribution is 0.162. The Hall–Kier alpha value is -0.0800. The van der Waals surface area contributed by atoms with Gasteiger partial charge in [-0.05, 0) is 36.5 Å². The molecule has 8 atom stereocenters. The number of fused-ring (bicyclic) bond motifs is 10. The molecule has 2 heteroatoms. The van der Waals surface area contributed by atoms with Crippen molar-refractivity contribution < 1.29 is 9.47 Å². The van der Waals surface area contributed by atoms with E-state index >= 15 is 0 Å². The van der Waals surface area contributed by atoms with Crippen LogP contribution in [-0.2, 0) is 9.47 Å². The fraction of sp³-hybridized carbons (Fsp3) is 1.00. The van der Waals surface area contributed by atoms with Crippen molar-refractivity contribution in [1.82, 2.24) is 0 Å². The standard InChI is InChI=1S/C10H12O2/c1-4-3-2-6-10(11-6)7(3)5(1)9-8(4)12-9/h3-10H,1-2H2/t3-,4-,5+,6-,7+,8+,9-,10-/m1/s1. The first-order valence-electron chi connectivity index (χ1n) is 5.24. The van der Waals surface area contributed by atoms with Crippen LogP contribution in [0.2, 0.25) is 0 Å². The predicted octanol–water partition coefficient (Wildman–Crippen LogP) is 0.807. The number of rotatable bonds is 0. The molecule has 2 aliphatic heterocycles. The molecule has 0 aromatic heterocycles. The maximum atomic E-state index is 5.69. The van der Waals surface area contributed by atoms with Gasteiger partial charge in [0.2, 0.25) is 0 Å². The Balaban J connectivity index is 1.66. The van der Waals surface area contributed by atoms with E-state index in [2.05, 4.69) is 0 Å². The van der Waals surface area contributed by atoms with Gasteiger partial charge in [0.25, 0.3) is 0 Å². The van der Waals surface area contributed by atoms with Gasteiger partial charge in [-0.1, -0.05) is 0 Å². The van der Waals surface area contributed by atoms with Gasteiger partial charge in [0.05, 0.1) is 24.4 Å². The molecule has 64 valence electrons. The van der Waals surface area contributed by atoms with Gasteiger partial charge < -0.3 is 9.47 Å². The van der Waals surface area contributed by atoms with Gasteiger partial charge in [-0.25, -0.2) is 0 Å². The zero-order valence-corrected chi connectivity index (χ0v) is 6.85. The van der Waals surface area contributed by atoms with E-state index in [-0.39, 0.29) is 0 Å². The minimum atomic E-state index is 0.676. The molecule has 0 aromatic rings. The van der Waals surface area contributed by atoms with Crippen LogP contribution in [0.3, 0.4) is 0 Å². The van der Waals surface area contributed by atoms with Crippen LogP contribution in [0.25, 0.3) is 0 Å². The van der Waals surface area contributed by atoms with Crippen molar-refractivity contribution in [2.24, 2.45) is 23.7 Å². The van der Waals surface area contributed by atoms with E-state index in [1.807, 2.05) is 0 Å². The zero-order valence-electron chi connectivity index (χ0n) is 6.85. The molecule has 12 heavy (non-hydrogen) atoms. The van der Waals surface area contributed by atoms with E-state index in [0.717, 1.165) is 23.7 Å². The quantitative estimate of drug-likeness (QED) is 0.495. The Labute approximate surface area is 71.2 Å². The summed E-state index contributed by atoms with van der Waals surface area (Å²) in [5.41, 5.74) is 0. The number of epoxide rings is 2. The van der Waals surface area contributed by atoms with Crippen molar-refractivity contribution in [1.29, 1.82) is 0 Å². The van der Waals surface area contributed by atoms with Crippen LogP contribution in [0, 0.1) is 23.7 Å². The second-order valence-corrected chi connectivity index (χ2v) is 5.24. The highest BCUT2D eigenvalue weighted by Crippen LogP contribution is 2.69. The molecule has 2 heterocycles. The van der Waals surface area contributed by atoms with E-state index in [1.165, 1.54) is 12.8 Å². The van der Waals surface area contributed by atoms with Crippen LogP contribution >= 0.6 is 0 Å². The topological polar surface area (TPSA) is 25.1 Å². The van der Waals surface area contributed by atoms with Gasteiger partial charge in [-0.3, -0.25) is 0 Å². The second-order valence-electron chi connectivity index (χ2n) is 5.24. The first-order chi connectivity index (χ1) is 5.93.